The lowest BCUT2D eigenvalue weighted by atomic mass is 10.2. The van der Waals surface area contributed by atoms with Gasteiger partial charge in [0.05, 0.1) is 46.3 Å². The van der Waals surface area contributed by atoms with E-state index in [1.54, 1.807) is 39.7 Å². The average molecular weight is 397 g/mol. The fourth-order valence-electron chi connectivity index (χ4n) is 2.68. The number of hydrazone groups is 1. The zero-order valence-electron chi connectivity index (χ0n) is 16.1. The van der Waals surface area contributed by atoms with Gasteiger partial charge in [-0.25, -0.2) is 0 Å². The standard InChI is InChI=1S/C18H28N4O4S/c1-23-14-11-16(24-2)15(17(12-14)25-3)13-20-21-18(27)19-5-4-6-22-7-9-26-10-8-22/h11-13H,4-10H2,1-3H3,(H2,19,21,27)/b20-13-. The van der Waals surface area contributed by atoms with E-state index in [-0.39, 0.29) is 0 Å². The molecule has 27 heavy (non-hydrogen) atoms. The van der Waals surface area contributed by atoms with Crippen LogP contribution in [0.4, 0.5) is 0 Å². The van der Waals surface area contributed by atoms with Crippen molar-refractivity contribution in [3.63, 3.8) is 0 Å². The van der Waals surface area contributed by atoms with Crippen LogP contribution in [0.1, 0.15) is 12.0 Å². The highest BCUT2D eigenvalue weighted by atomic mass is 32.1. The molecule has 0 radical (unpaired) electrons. The Hall–Kier alpha value is -2.10. The lowest BCUT2D eigenvalue weighted by Crippen LogP contribution is -2.39. The van der Waals surface area contributed by atoms with Crippen LogP contribution in [0.2, 0.25) is 0 Å². The molecule has 1 fully saturated rings. The normalized spacial score (nSPS) is 14.8. The van der Waals surface area contributed by atoms with Gasteiger partial charge in [-0.15, -0.1) is 0 Å². The molecule has 0 bridgehead atoms. The van der Waals surface area contributed by atoms with Gasteiger partial charge in [0.2, 0.25) is 0 Å². The van der Waals surface area contributed by atoms with E-state index in [1.807, 2.05) is 0 Å². The minimum Gasteiger partial charge on any atom is -0.496 e. The smallest absolute Gasteiger partial charge is 0.186 e. The molecule has 0 aliphatic carbocycles. The molecule has 1 aliphatic rings. The highest BCUT2D eigenvalue weighted by Gasteiger charge is 2.12. The van der Waals surface area contributed by atoms with Crippen molar-refractivity contribution < 1.29 is 18.9 Å². The highest BCUT2D eigenvalue weighted by Crippen LogP contribution is 2.32. The van der Waals surface area contributed by atoms with Gasteiger partial charge in [-0.1, -0.05) is 0 Å². The molecule has 8 nitrogen and oxygen atoms in total. The number of thiocarbonyl (C=S) groups is 1. The summed E-state index contributed by atoms with van der Waals surface area (Å²) in [5.74, 6) is 1.84. The number of methoxy groups -OCH3 is 3. The van der Waals surface area contributed by atoms with Crippen LogP contribution in [0.3, 0.4) is 0 Å². The van der Waals surface area contributed by atoms with Crippen molar-refractivity contribution in [2.45, 2.75) is 6.42 Å². The molecule has 0 unspecified atom stereocenters. The highest BCUT2D eigenvalue weighted by molar-refractivity contribution is 7.80. The van der Waals surface area contributed by atoms with Crippen LogP contribution in [0.5, 0.6) is 17.2 Å². The molecule has 1 aromatic rings. The predicted molar refractivity (Wildman–Crippen MR) is 109 cm³/mol. The fraction of sp³-hybridized carbons (Fsp3) is 0.556. The van der Waals surface area contributed by atoms with Gasteiger partial charge < -0.3 is 24.3 Å². The van der Waals surface area contributed by atoms with Gasteiger partial charge in [-0.2, -0.15) is 5.10 Å². The Morgan fingerprint density at radius 3 is 2.44 bits per heavy atom. The van der Waals surface area contributed by atoms with Gasteiger partial charge in [-0.05, 0) is 25.2 Å². The van der Waals surface area contributed by atoms with Crippen molar-refractivity contribution in [3.05, 3.63) is 17.7 Å². The fourth-order valence-corrected chi connectivity index (χ4v) is 2.84. The molecule has 2 N–H and O–H groups in total. The first-order valence-corrected chi connectivity index (χ1v) is 9.25. The van der Waals surface area contributed by atoms with Crippen LogP contribution >= 0.6 is 12.2 Å². The Morgan fingerprint density at radius 2 is 1.85 bits per heavy atom. The van der Waals surface area contributed by atoms with E-state index in [2.05, 4.69) is 20.7 Å². The first kappa shape index (κ1) is 21.2. The van der Waals surface area contributed by atoms with Crippen LogP contribution in [-0.4, -0.2) is 76.9 Å². The van der Waals surface area contributed by atoms with Gasteiger partial charge in [0, 0.05) is 31.8 Å². The topological polar surface area (TPSA) is 76.6 Å². The number of nitrogens with zero attached hydrogens (tertiary/aromatic N) is 2. The lowest BCUT2D eigenvalue weighted by molar-refractivity contribution is 0.0376. The summed E-state index contributed by atoms with van der Waals surface area (Å²) in [6.45, 7) is 5.45. The summed E-state index contributed by atoms with van der Waals surface area (Å²) in [5, 5.41) is 7.80. The number of ether oxygens (including phenoxy) is 4. The van der Waals surface area contributed by atoms with E-state index >= 15 is 0 Å². The molecule has 2 rings (SSSR count). The number of hydrogen-bond acceptors (Lipinski definition) is 7. The van der Waals surface area contributed by atoms with Gasteiger partial charge in [-0.3, -0.25) is 10.3 Å². The molecule has 9 heteroatoms. The minimum absolute atomic E-state index is 0.472. The van der Waals surface area contributed by atoms with Gasteiger partial charge in [0.1, 0.15) is 17.2 Å². The van der Waals surface area contributed by atoms with E-state index < -0.39 is 0 Å². The average Bonchev–Trinajstić information content (AvgIpc) is 2.71. The summed E-state index contributed by atoms with van der Waals surface area (Å²) in [7, 11) is 4.76. The van der Waals surface area contributed by atoms with E-state index in [9.17, 15) is 0 Å². The Bertz CT molecular complexity index is 611. The zero-order valence-corrected chi connectivity index (χ0v) is 16.9. The second-order valence-corrected chi connectivity index (χ2v) is 6.29. The first-order valence-electron chi connectivity index (χ1n) is 8.85. The summed E-state index contributed by atoms with van der Waals surface area (Å²) < 4.78 is 21.3. The van der Waals surface area contributed by atoms with Crippen molar-refractivity contribution in [3.8, 4) is 17.2 Å². The predicted octanol–water partition coefficient (Wildman–Crippen LogP) is 1.23. The van der Waals surface area contributed by atoms with E-state index in [4.69, 9.17) is 31.2 Å². The summed E-state index contributed by atoms with van der Waals surface area (Å²) in [6, 6.07) is 3.54. The molecule has 0 atom stereocenters. The molecule has 1 aromatic carbocycles. The summed E-state index contributed by atoms with van der Waals surface area (Å²) >= 11 is 5.25. The summed E-state index contributed by atoms with van der Waals surface area (Å²) in [6.07, 6.45) is 2.62. The molecule has 0 amide bonds. The first-order chi connectivity index (χ1) is 13.2. The number of benzene rings is 1. The largest absolute Gasteiger partial charge is 0.496 e. The van der Waals surface area contributed by atoms with Gasteiger partial charge in [0.15, 0.2) is 5.11 Å². The van der Waals surface area contributed by atoms with Crippen molar-refractivity contribution in [1.29, 1.82) is 0 Å². The molecule has 1 aliphatic heterocycles. The lowest BCUT2D eigenvalue weighted by Gasteiger charge is -2.26. The van der Waals surface area contributed by atoms with Crippen molar-refractivity contribution >= 4 is 23.5 Å². The SMILES string of the molecule is COc1cc(OC)c(/C=N\NC(=S)NCCCN2CCOCC2)c(OC)c1. The van der Waals surface area contributed by atoms with Gasteiger partial charge >= 0.3 is 0 Å². The number of morpholine rings is 1. The Labute approximate surface area is 165 Å². The van der Waals surface area contributed by atoms with Crippen molar-refractivity contribution in [1.82, 2.24) is 15.6 Å². The second kappa shape index (κ2) is 11.6. The second-order valence-electron chi connectivity index (χ2n) is 5.88. The van der Waals surface area contributed by atoms with Crippen molar-refractivity contribution in [2.24, 2.45) is 5.10 Å². The molecule has 0 saturated carbocycles. The van der Waals surface area contributed by atoms with E-state index in [1.165, 1.54) is 0 Å². The Morgan fingerprint density at radius 1 is 1.19 bits per heavy atom. The van der Waals surface area contributed by atoms with Crippen LogP contribution in [-0.2, 0) is 4.74 Å². The third kappa shape index (κ3) is 6.85. The van der Waals surface area contributed by atoms with Crippen LogP contribution in [0.25, 0.3) is 0 Å². The Kier molecular flexibility index (Phi) is 9.09. The summed E-state index contributed by atoms with van der Waals surface area (Å²) in [4.78, 5) is 2.39. The number of rotatable bonds is 9. The molecule has 1 saturated heterocycles. The molecule has 150 valence electrons. The van der Waals surface area contributed by atoms with Crippen molar-refractivity contribution in [2.75, 3.05) is 60.7 Å². The Balaban J connectivity index is 1.79. The van der Waals surface area contributed by atoms with Crippen LogP contribution < -0.4 is 25.0 Å². The van der Waals surface area contributed by atoms with Crippen LogP contribution in [0.15, 0.2) is 17.2 Å². The minimum atomic E-state index is 0.472. The molecule has 0 spiro atoms. The molecular weight excluding hydrogens is 368 g/mol. The third-order valence-electron chi connectivity index (χ3n) is 4.15. The third-order valence-corrected chi connectivity index (χ3v) is 4.39. The van der Waals surface area contributed by atoms with Gasteiger partial charge in [0.25, 0.3) is 0 Å². The molecule has 0 aromatic heterocycles. The van der Waals surface area contributed by atoms with Crippen LogP contribution in [0, 0.1) is 0 Å². The quantitative estimate of drug-likeness (QED) is 0.279. The number of nitrogens with one attached hydrogen (secondary N) is 2. The molecular formula is C18H28N4O4S. The maximum absolute atomic E-state index is 5.38. The maximum atomic E-state index is 5.38. The number of hydrogen-bond donors (Lipinski definition) is 2. The molecule has 1 heterocycles. The van der Waals surface area contributed by atoms with E-state index in [0.717, 1.165) is 45.8 Å². The monoisotopic (exact) mass is 396 g/mol. The zero-order chi connectivity index (χ0) is 19.5. The maximum Gasteiger partial charge on any atom is 0.186 e. The summed E-state index contributed by atoms with van der Waals surface area (Å²) in [5.41, 5.74) is 3.51. The van der Waals surface area contributed by atoms with E-state index in [0.29, 0.717) is 27.9 Å².